The quantitative estimate of drug-likeness (QED) is 0.170. The number of anilines is 1. The van der Waals surface area contributed by atoms with E-state index in [1.54, 1.807) is 5.38 Å². The summed E-state index contributed by atoms with van der Waals surface area (Å²) < 4.78 is 39.0. The first-order valence-electron chi connectivity index (χ1n) is 12.0. The normalized spacial score (nSPS) is 14.0. The van der Waals surface area contributed by atoms with E-state index in [0.717, 1.165) is 5.56 Å². The van der Waals surface area contributed by atoms with Crippen molar-refractivity contribution in [2.24, 2.45) is 11.8 Å². The van der Waals surface area contributed by atoms with Crippen LogP contribution in [0.2, 0.25) is 0 Å². The molecule has 1 aromatic heterocycles. The van der Waals surface area contributed by atoms with E-state index in [2.05, 4.69) is 15.6 Å². The van der Waals surface area contributed by atoms with Gasteiger partial charge < -0.3 is 10.6 Å². The van der Waals surface area contributed by atoms with E-state index >= 15 is 0 Å². The first kappa shape index (κ1) is 30.2. The summed E-state index contributed by atoms with van der Waals surface area (Å²) in [7, 11) is 0. The second kappa shape index (κ2) is 14.7. The SMILES string of the molecule is CC(C)C[C@H](NC(=O)[C@H](CCCc1ccccc1)[C@H](CCC(F)(F)F)N(O)C=O)C(=O)Nc1nccs1. The summed E-state index contributed by atoms with van der Waals surface area (Å²) in [6.07, 6.45) is -3.66. The van der Waals surface area contributed by atoms with E-state index in [1.807, 2.05) is 44.2 Å². The van der Waals surface area contributed by atoms with Crippen LogP contribution in [0.1, 0.15) is 51.5 Å². The lowest BCUT2D eigenvalue weighted by Gasteiger charge is -2.32. The molecule has 8 nitrogen and oxygen atoms in total. The fourth-order valence-electron chi connectivity index (χ4n) is 4.04. The van der Waals surface area contributed by atoms with Crippen LogP contribution in [0, 0.1) is 11.8 Å². The number of hydrogen-bond acceptors (Lipinski definition) is 6. The molecule has 3 N–H and O–H groups in total. The van der Waals surface area contributed by atoms with Gasteiger partial charge in [-0.05, 0) is 43.6 Å². The number of amides is 3. The van der Waals surface area contributed by atoms with Crippen LogP contribution in [-0.2, 0) is 20.8 Å². The standard InChI is InChI=1S/C25H33F3N4O4S/c1-17(2)15-20(23(35)31-24-29-13-14-37-24)30-22(34)19(10-6-9-18-7-4-3-5-8-18)21(32(36)16-33)11-12-25(26,27)28/h3-5,7-8,13-14,16-17,19-21,36H,6,9-12,15H2,1-2H3,(H,30,34)(H,29,31,35)/t19-,20+,21+/m1/s1. The topological polar surface area (TPSA) is 112 Å². The van der Waals surface area contributed by atoms with Crippen molar-refractivity contribution in [3.63, 3.8) is 0 Å². The molecule has 0 aliphatic carbocycles. The summed E-state index contributed by atoms with van der Waals surface area (Å²) in [4.78, 5) is 41.7. The zero-order valence-electron chi connectivity index (χ0n) is 20.8. The summed E-state index contributed by atoms with van der Waals surface area (Å²) >= 11 is 1.20. The van der Waals surface area contributed by atoms with Crippen LogP contribution in [0.15, 0.2) is 41.9 Å². The second-order valence-electron chi connectivity index (χ2n) is 9.21. The molecule has 0 unspecified atom stereocenters. The molecule has 37 heavy (non-hydrogen) atoms. The van der Waals surface area contributed by atoms with Gasteiger partial charge in [0.15, 0.2) is 5.13 Å². The number of thiazole rings is 1. The Hall–Kier alpha value is -2.99. The Morgan fingerprint density at radius 3 is 2.43 bits per heavy atom. The van der Waals surface area contributed by atoms with Crippen molar-refractivity contribution < 1.29 is 32.8 Å². The summed E-state index contributed by atoms with van der Waals surface area (Å²) in [5.74, 6) is -2.39. The third-order valence-electron chi connectivity index (χ3n) is 5.80. The van der Waals surface area contributed by atoms with Crippen molar-refractivity contribution >= 4 is 34.7 Å². The van der Waals surface area contributed by atoms with E-state index in [9.17, 15) is 32.8 Å². The van der Waals surface area contributed by atoms with E-state index in [1.165, 1.54) is 17.5 Å². The van der Waals surface area contributed by atoms with Gasteiger partial charge in [0.2, 0.25) is 18.2 Å². The average molecular weight is 543 g/mol. The highest BCUT2D eigenvalue weighted by Gasteiger charge is 2.37. The smallest absolute Gasteiger partial charge is 0.344 e. The van der Waals surface area contributed by atoms with E-state index in [4.69, 9.17) is 0 Å². The Balaban J connectivity index is 2.25. The fourth-order valence-corrected chi connectivity index (χ4v) is 4.57. The van der Waals surface area contributed by atoms with Crippen LogP contribution < -0.4 is 10.6 Å². The molecule has 0 fully saturated rings. The van der Waals surface area contributed by atoms with Crippen LogP contribution in [0.5, 0.6) is 0 Å². The minimum absolute atomic E-state index is 0.000709. The molecule has 2 rings (SSSR count). The maximum Gasteiger partial charge on any atom is 0.389 e. The first-order chi connectivity index (χ1) is 17.5. The molecule has 0 spiro atoms. The zero-order chi connectivity index (χ0) is 27.4. The second-order valence-corrected chi connectivity index (χ2v) is 10.1. The number of halogens is 3. The van der Waals surface area contributed by atoms with Gasteiger partial charge in [-0.25, -0.2) is 10.0 Å². The zero-order valence-corrected chi connectivity index (χ0v) is 21.6. The van der Waals surface area contributed by atoms with Crippen molar-refractivity contribution in [2.75, 3.05) is 5.32 Å². The maximum atomic E-state index is 13.4. The molecule has 2 aromatic rings. The molecule has 1 aromatic carbocycles. The van der Waals surface area contributed by atoms with Crippen LogP contribution in [0.25, 0.3) is 0 Å². The number of nitrogens with zero attached hydrogens (tertiary/aromatic N) is 2. The lowest BCUT2D eigenvalue weighted by molar-refractivity contribution is -0.178. The summed E-state index contributed by atoms with van der Waals surface area (Å²) in [6, 6.07) is 6.93. The van der Waals surface area contributed by atoms with Gasteiger partial charge >= 0.3 is 6.18 Å². The van der Waals surface area contributed by atoms with Gasteiger partial charge in [0.25, 0.3) is 0 Å². The Labute approximate surface area is 218 Å². The Morgan fingerprint density at radius 1 is 1.16 bits per heavy atom. The van der Waals surface area contributed by atoms with Gasteiger partial charge in [-0.3, -0.25) is 19.6 Å². The predicted octanol–water partition coefficient (Wildman–Crippen LogP) is 4.81. The minimum atomic E-state index is -4.54. The van der Waals surface area contributed by atoms with Crippen LogP contribution in [0.3, 0.4) is 0 Å². The number of hydrogen-bond donors (Lipinski definition) is 3. The number of carbonyl (C=O) groups excluding carboxylic acids is 3. The van der Waals surface area contributed by atoms with E-state index < -0.39 is 48.8 Å². The lowest BCUT2D eigenvalue weighted by Crippen LogP contribution is -2.51. The molecular weight excluding hydrogens is 509 g/mol. The molecule has 0 saturated carbocycles. The largest absolute Gasteiger partial charge is 0.389 e. The van der Waals surface area contributed by atoms with E-state index in [-0.39, 0.29) is 30.2 Å². The van der Waals surface area contributed by atoms with Crippen molar-refractivity contribution in [1.29, 1.82) is 0 Å². The fraction of sp³-hybridized carbons (Fsp3) is 0.520. The number of rotatable bonds is 15. The van der Waals surface area contributed by atoms with Gasteiger partial charge in [-0.1, -0.05) is 44.2 Å². The van der Waals surface area contributed by atoms with Gasteiger partial charge in [0.1, 0.15) is 6.04 Å². The summed E-state index contributed by atoms with van der Waals surface area (Å²) in [5.41, 5.74) is 0.977. The molecule has 12 heteroatoms. The minimum Gasteiger partial charge on any atom is -0.344 e. The van der Waals surface area contributed by atoms with Crippen LogP contribution in [0.4, 0.5) is 18.3 Å². The molecule has 1 heterocycles. The number of benzene rings is 1. The van der Waals surface area contributed by atoms with Gasteiger partial charge in [-0.2, -0.15) is 13.2 Å². The Bertz CT molecular complexity index is 974. The number of carbonyl (C=O) groups is 3. The van der Waals surface area contributed by atoms with Crippen molar-refractivity contribution in [3.05, 3.63) is 47.5 Å². The molecule has 0 aliphatic rings. The molecule has 0 radical (unpaired) electrons. The third-order valence-corrected chi connectivity index (χ3v) is 6.49. The van der Waals surface area contributed by atoms with E-state index in [0.29, 0.717) is 18.0 Å². The highest BCUT2D eigenvalue weighted by Crippen LogP contribution is 2.28. The maximum absolute atomic E-state index is 13.4. The highest BCUT2D eigenvalue weighted by molar-refractivity contribution is 7.13. The summed E-state index contributed by atoms with van der Waals surface area (Å²) in [5, 5.41) is 17.6. The van der Waals surface area contributed by atoms with Gasteiger partial charge in [0.05, 0.1) is 12.0 Å². The molecule has 3 atom stereocenters. The molecule has 204 valence electrons. The van der Waals surface area contributed by atoms with Crippen LogP contribution in [-0.4, -0.2) is 51.7 Å². The Kier molecular flexibility index (Phi) is 12.0. The number of nitrogens with one attached hydrogen (secondary N) is 2. The van der Waals surface area contributed by atoms with Crippen molar-refractivity contribution in [2.45, 2.75) is 70.6 Å². The highest BCUT2D eigenvalue weighted by atomic mass is 32.1. The Morgan fingerprint density at radius 2 is 1.86 bits per heavy atom. The third kappa shape index (κ3) is 10.9. The monoisotopic (exact) mass is 542 g/mol. The molecule has 3 amide bonds. The van der Waals surface area contributed by atoms with Gasteiger partial charge in [-0.15, -0.1) is 11.3 Å². The van der Waals surface area contributed by atoms with Crippen LogP contribution >= 0.6 is 11.3 Å². The molecule has 0 bridgehead atoms. The van der Waals surface area contributed by atoms with Gasteiger partial charge in [0, 0.05) is 18.0 Å². The number of alkyl halides is 3. The number of hydroxylamine groups is 2. The molecular formula is C25H33F3N4O4S. The number of aryl methyl sites for hydroxylation is 1. The average Bonchev–Trinajstić information content (AvgIpc) is 3.35. The number of aromatic nitrogens is 1. The van der Waals surface area contributed by atoms with Crippen molar-refractivity contribution in [1.82, 2.24) is 15.4 Å². The van der Waals surface area contributed by atoms with Crippen molar-refractivity contribution in [3.8, 4) is 0 Å². The lowest BCUT2D eigenvalue weighted by atomic mass is 9.88. The molecule has 0 aliphatic heterocycles. The predicted molar refractivity (Wildman–Crippen MR) is 134 cm³/mol. The first-order valence-corrected chi connectivity index (χ1v) is 12.9. The summed E-state index contributed by atoms with van der Waals surface area (Å²) in [6.45, 7) is 3.72. The molecule has 0 saturated heterocycles.